The molecule has 0 unspecified atom stereocenters. The minimum atomic E-state index is -0.556. The summed E-state index contributed by atoms with van der Waals surface area (Å²) in [4.78, 5) is 41.1. The molecule has 6 rings (SSSR count). The van der Waals surface area contributed by atoms with Crippen molar-refractivity contribution in [3.8, 4) is 11.3 Å². The molecule has 3 N–H and O–H groups in total. The molecule has 0 radical (unpaired) electrons. The maximum absolute atomic E-state index is 13.4. The van der Waals surface area contributed by atoms with Gasteiger partial charge >= 0.3 is 0 Å². The van der Waals surface area contributed by atoms with Gasteiger partial charge in [0.15, 0.2) is 5.82 Å². The van der Waals surface area contributed by atoms with Crippen molar-refractivity contribution in [1.29, 1.82) is 0 Å². The van der Waals surface area contributed by atoms with Gasteiger partial charge in [-0.2, -0.15) is 0 Å². The number of pyridine rings is 1. The number of carbonyl (C=O) groups is 2. The second-order valence-corrected chi connectivity index (χ2v) is 10.7. The van der Waals surface area contributed by atoms with E-state index in [9.17, 15) is 14.0 Å². The Hall–Kier alpha value is -4.93. The summed E-state index contributed by atoms with van der Waals surface area (Å²) in [7, 11) is 0. The molecule has 3 heterocycles. The number of rotatable bonds is 6. The largest absolute Gasteiger partial charge is 0.338 e. The number of hydrogen-bond acceptors (Lipinski definition) is 7. The van der Waals surface area contributed by atoms with E-state index in [0.29, 0.717) is 58.1 Å². The third kappa shape index (κ3) is 6.30. The fourth-order valence-electron chi connectivity index (χ4n) is 4.89. The number of benzene rings is 3. The molecule has 1 fully saturated rings. The van der Waals surface area contributed by atoms with Crippen LogP contribution in [0.2, 0.25) is 5.02 Å². The van der Waals surface area contributed by atoms with Gasteiger partial charge in [0.05, 0.1) is 16.2 Å². The number of hydrogen-bond donors (Lipinski definition) is 3. The van der Waals surface area contributed by atoms with E-state index in [4.69, 9.17) is 16.6 Å². The molecule has 0 bridgehead atoms. The lowest BCUT2D eigenvalue weighted by molar-refractivity contribution is 0.0709. The monoisotopic (exact) mass is 595 g/mol. The number of amides is 2. The lowest BCUT2D eigenvalue weighted by Gasteiger charge is -2.32. The zero-order valence-electron chi connectivity index (χ0n) is 23.1. The smallest absolute Gasteiger partial charge is 0.255 e. The van der Waals surface area contributed by atoms with Crippen LogP contribution in [0, 0.1) is 5.82 Å². The van der Waals surface area contributed by atoms with Crippen LogP contribution in [0.25, 0.3) is 22.3 Å². The van der Waals surface area contributed by atoms with Crippen LogP contribution in [0.3, 0.4) is 0 Å². The third-order valence-electron chi connectivity index (χ3n) is 7.15. The van der Waals surface area contributed by atoms with Gasteiger partial charge in [0.25, 0.3) is 11.8 Å². The highest BCUT2D eigenvalue weighted by Gasteiger charge is 2.21. The van der Waals surface area contributed by atoms with E-state index in [1.165, 1.54) is 24.5 Å². The lowest BCUT2D eigenvalue weighted by atomic mass is 10.1. The van der Waals surface area contributed by atoms with E-state index in [-0.39, 0.29) is 22.9 Å². The third-order valence-corrected chi connectivity index (χ3v) is 7.44. The Morgan fingerprint density at radius 2 is 1.70 bits per heavy atom. The molecule has 1 aliphatic heterocycles. The number of nitrogens with one attached hydrogen (secondary N) is 3. The molecule has 1 atom stereocenters. The van der Waals surface area contributed by atoms with E-state index in [1.807, 2.05) is 41.3 Å². The molecule has 216 valence electrons. The first-order valence-corrected chi connectivity index (χ1v) is 14.1. The highest BCUT2D eigenvalue weighted by molar-refractivity contribution is 6.31. The minimum absolute atomic E-state index is 0.0228. The van der Waals surface area contributed by atoms with Crippen molar-refractivity contribution in [3.63, 3.8) is 0 Å². The summed E-state index contributed by atoms with van der Waals surface area (Å²) in [5.74, 6) is -0.387. The number of aromatic nitrogens is 3. The highest BCUT2D eigenvalue weighted by atomic mass is 35.5. The standard InChI is InChI=1S/C32H27ClFN7O2/c1-19-17-41(15-14-35-19)32(43)22-4-2-20(3-5-22)27-12-13-28-29(40-27)30(37-18-36-28)38-23-8-6-21(7-9-23)31(42)39-24-10-11-26(34)25(33)16-24/h2-13,16,18-19,35H,14-15,17H2,1H3,(H,39,42)(H,36,37,38)/t19-/m0/s1. The molecule has 1 aliphatic rings. The number of piperazine rings is 1. The molecule has 0 saturated carbocycles. The van der Waals surface area contributed by atoms with Gasteiger partial charge in [0.2, 0.25) is 0 Å². The Kier molecular flexibility index (Phi) is 7.95. The second kappa shape index (κ2) is 12.1. The van der Waals surface area contributed by atoms with Crippen LogP contribution in [0.5, 0.6) is 0 Å². The van der Waals surface area contributed by atoms with Gasteiger partial charge in [-0.25, -0.2) is 19.3 Å². The normalized spacial score (nSPS) is 14.9. The summed E-state index contributed by atoms with van der Waals surface area (Å²) >= 11 is 5.81. The number of anilines is 3. The van der Waals surface area contributed by atoms with Crippen LogP contribution in [0.4, 0.5) is 21.6 Å². The Morgan fingerprint density at radius 3 is 2.44 bits per heavy atom. The topological polar surface area (TPSA) is 112 Å². The summed E-state index contributed by atoms with van der Waals surface area (Å²) in [6, 6.07) is 22.3. The number of nitrogens with zero attached hydrogens (tertiary/aromatic N) is 4. The minimum Gasteiger partial charge on any atom is -0.338 e. The SMILES string of the molecule is C[C@H]1CN(C(=O)c2ccc(-c3ccc4ncnc(Nc5ccc(C(=O)Nc6ccc(F)c(Cl)c6)cc5)c4n3)cc2)CCN1. The van der Waals surface area contributed by atoms with Crippen LogP contribution in [0.1, 0.15) is 27.6 Å². The van der Waals surface area contributed by atoms with Crippen LogP contribution < -0.4 is 16.0 Å². The molecular weight excluding hydrogens is 569 g/mol. The molecule has 0 spiro atoms. The summed E-state index contributed by atoms with van der Waals surface area (Å²) in [5, 5.41) is 9.25. The average Bonchev–Trinajstić information content (AvgIpc) is 3.03. The van der Waals surface area contributed by atoms with Crippen LogP contribution in [-0.2, 0) is 0 Å². The van der Waals surface area contributed by atoms with Crippen molar-refractivity contribution in [2.75, 3.05) is 30.3 Å². The zero-order valence-corrected chi connectivity index (χ0v) is 23.9. The first kappa shape index (κ1) is 28.2. The Labute approximate surface area is 252 Å². The molecule has 1 saturated heterocycles. The van der Waals surface area contributed by atoms with Gasteiger partial charge < -0.3 is 20.9 Å². The van der Waals surface area contributed by atoms with E-state index in [1.54, 1.807) is 24.3 Å². The van der Waals surface area contributed by atoms with Gasteiger partial charge in [0.1, 0.15) is 17.7 Å². The first-order chi connectivity index (χ1) is 20.8. The fourth-order valence-corrected chi connectivity index (χ4v) is 5.07. The zero-order chi connectivity index (χ0) is 29.9. The molecule has 2 amide bonds. The van der Waals surface area contributed by atoms with E-state index < -0.39 is 5.82 Å². The van der Waals surface area contributed by atoms with Gasteiger partial charge in [-0.05, 0) is 73.7 Å². The lowest BCUT2D eigenvalue weighted by Crippen LogP contribution is -2.51. The molecule has 2 aromatic heterocycles. The van der Waals surface area contributed by atoms with E-state index >= 15 is 0 Å². The summed E-state index contributed by atoms with van der Waals surface area (Å²) in [6.07, 6.45) is 1.46. The maximum atomic E-state index is 13.4. The van der Waals surface area contributed by atoms with Crippen molar-refractivity contribution in [3.05, 3.63) is 107 Å². The molecule has 9 nitrogen and oxygen atoms in total. The maximum Gasteiger partial charge on any atom is 0.255 e. The molecule has 43 heavy (non-hydrogen) atoms. The van der Waals surface area contributed by atoms with Gasteiger partial charge in [0, 0.05) is 53.7 Å². The molecule has 0 aliphatic carbocycles. The number of carbonyl (C=O) groups excluding carboxylic acids is 2. The predicted molar refractivity (Wildman–Crippen MR) is 165 cm³/mol. The summed E-state index contributed by atoms with van der Waals surface area (Å²) < 4.78 is 13.4. The van der Waals surface area contributed by atoms with E-state index in [2.05, 4.69) is 32.8 Å². The Balaban J connectivity index is 1.18. The van der Waals surface area contributed by atoms with Crippen molar-refractivity contribution < 1.29 is 14.0 Å². The van der Waals surface area contributed by atoms with Crippen LogP contribution >= 0.6 is 11.6 Å². The predicted octanol–water partition coefficient (Wildman–Crippen LogP) is 5.91. The average molecular weight is 596 g/mol. The molecule has 11 heteroatoms. The number of fused-ring (bicyclic) bond motifs is 1. The molecule has 3 aromatic carbocycles. The molecular formula is C32H27ClFN7O2. The Morgan fingerprint density at radius 1 is 0.953 bits per heavy atom. The fraction of sp³-hybridized carbons (Fsp3) is 0.156. The van der Waals surface area contributed by atoms with Crippen molar-refractivity contribution >= 4 is 51.6 Å². The number of halogens is 2. The van der Waals surface area contributed by atoms with Gasteiger partial charge in [-0.15, -0.1) is 0 Å². The van der Waals surface area contributed by atoms with Crippen LogP contribution in [0.15, 0.2) is 85.2 Å². The van der Waals surface area contributed by atoms with Crippen molar-refractivity contribution in [2.24, 2.45) is 0 Å². The molecule has 5 aromatic rings. The van der Waals surface area contributed by atoms with Gasteiger partial charge in [-0.1, -0.05) is 23.7 Å². The van der Waals surface area contributed by atoms with Crippen molar-refractivity contribution in [2.45, 2.75) is 13.0 Å². The Bertz CT molecular complexity index is 1820. The van der Waals surface area contributed by atoms with Crippen molar-refractivity contribution in [1.82, 2.24) is 25.2 Å². The summed E-state index contributed by atoms with van der Waals surface area (Å²) in [5.41, 5.74) is 4.95. The quantitative estimate of drug-likeness (QED) is 0.224. The van der Waals surface area contributed by atoms with Crippen LogP contribution in [-0.4, -0.2) is 57.3 Å². The van der Waals surface area contributed by atoms with Gasteiger partial charge in [-0.3, -0.25) is 9.59 Å². The summed E-state index contributed by atoms with van der Waals surface area (Å²) in [6.45, 7) is 4.23. The van der Waals surface area contributed by atoms with E-state index in [0.717, 1.165) is 12.1 Å². The second-order valence-electron chi connectivity index (χ2n) is 10.3. The highest BCUT2D eigenvalue weighted by Crippen LogP contribution is 2.26. The first-order valence-electron chi connectivity index (χ1n) is 13.7.